The number of Topliss-reactive ketones (excluding diaryl/α,β-unsaturated/α-hetero) is 1. The van der Waals surface area contributed by atoms with Gasteiger partial charge in [0, 0.05) is 30.3 Å². The summed E-state index contributed by atoms with van der Waals surface area (Å²) in [6.45, 7) is 4.39. The second kappa shape index (κ2) is 7.25. The van der Waals surface area contributed by atoms with E-state index in [0.717, 1.165) is 18.4 Å². The number of halogens is 1. The zero-order valence-electron chi connectivity index (χ0n) is 16.8. The maximum absolute atomic E-state index is 13.4. The maximum Gasteiger partial charge on any atom is 0.261 e. The number of hydrogen-bond donors (Lipinski definition) is 1. The predicted octanol–water partition coefficient (Wildman–Crippen LogP) is 3.52. The molecule has 1 fully saturated rings. The molecule has 4 rings (SSSR count). The van der Waals surface area contributed by atoms with Crippen LogP contribution in [0.5, 0.6) is 0 Å². The number of nitrogens with one attached hydrogen (secondary N) is 1. The van der Waals surface area contributed by atoms with Gasteiger partial charge < -0.3 is 9.88 Å². The van der Waals surface area contributed by atoms with Gasteiger partial charge in [0.1, 0.15) is 11.4 Å². The van der Waals surface area contributed by atoms with E-state index in [4.69, 9.17) is 0 Å². The van der Waals surface area contributed by atoms with Crippen LogP contribution in [-0.2, 0) is 12.8 Å². The summed E-state index contributed by atoms with van der Waals surface area (Å²) in [7, 11) is 0. The summed E-state index contributed by atoms with van der Waals surface area (Å²) in [6, 6.07) is 7.90. The quantitative estimate of drug-likeness (QED) is 0.841. The van der Waals surface area contributed by atoms with Crippen LogP contribution in [0.25, 0.3) is 0 Å². The molecule has 152 valence electrons. The molecule has 0 atom stereocenters. The first-order valence-electron chi connectivity index (χ1n) is 10.1. The van der Waals surface area contributed by atoms with Gasteiger partial charge in [-0.3, -0.25) is 14.4 Å². The molecule has 2 aromatic rings. The fraction of sp³-hybridized carbons (Fsp3) is 0.435. The van der Waals surface area contributed by atoms with Gasteiger partial charge in [0.2, 0.25) is 0 Å². The van der Waals surface area contributed by atoms with Gasteiger partial charge in [-0.05, 0) is 54.9 Å². The molecule has 0 bridgehead atoms. The summed E-state index contributed by atoms with van der Waals surface area (Å²) in [4.78, 5) is 42.9. The molecule has 1 aromatic carbocycles. The fourth-order valence-electron chi connectivity index (χ4n) is 4.12. The smallest absolute Gasteiger partial charge is 0.261 e. The first kappa shape index (κ1) is 19.6. The zero-order chi connectivity index (χ0) is 20.8. The number of pyridine rings is 1. The Labute approximate surface area is 168 Å². The normalized spacial score (nSPS) is 17.7. The van der Waals surface area contributed by atoms with Gasteiger partial charge in [-0.2, -0.15) is 0 Å². The molecule has 1 heterocycles. The zero-order valence-corrected chi connectivity index (χ0v) is 16.8. The molecule has 1 aromatic heterocycles. The number of rotatable bonds is 5. The molecule has 29 heavy (non-hydrogen) atoms. The van der Waals surface area contributed by atoms with E-state index in [2.05, 4.69) is 4.98 Å². The summed E-state index contributed by atoms with van der Waals surface area (Å²) in [5, 5.41) is 0. The fourth-order valence-corrected chi connectivity index (χ4v) is 4.12. The van der Waals surface area contributed by atoms with Crippen molar-refractivity contribution in [2.75, 3.05) is 6.54 Å². The SMILES string of the molecule is CC1(C)CC(=O)c2cc(C(=O)N(CCc3cccc(F)c3)C3CC3)c(=O)[nH]c2C1. The lowest BCUT2D eigenvalue weighted by Gasteiger charge is -2.30. The largest absolute Gasteiger partial charge is 0.335 e. The highest BCUT2D eigenvalue weighted by Crippen LogP contribution is 2.34. The standard InChI is InChI=1S/C23H25FN2O3/c1-23(2)12-19-17(20(27)13-23)11-18(21(28)25-19)22(29)26(16-6-7-16)9-8-14-4-3-5-15(24)10-14/h3-5,10-11,16H,6-9,12-13H2,1-2H3,(H,25,28). The predicted molar refractivity (Wildman–Crippen MR) is 108 cm³/mol. The van der Waals surface area contributed by atoms with Crippen LogP contribution in [0.15, 0.2) is 35.1 Å². The lowest BCUT2D eigenvalue weighted by atomic mass is 9.75. The number of aromatic nitrogens is 1. The van der Waals surface area contributed by atoms with Crippen LogP contribution in [0.1, 0.15) is 65.1 Å². The van der Waals surface area contributed by atoms with E-state index < -0.39 is 5.56 Å². The van der Waals surface area contributed by atoms with Gasteiger partial charge in [0.25, 0.3) is 11.5 Å². The molecule has 1 N–H and O–H groups in total. The number of nitrogens with zero attached hydrogens (tertiary/aromatic N) is 1. The number of ketones is 1. The van der Waals surface area contributed by atoms with Crippen LogP contribution in [0, 0.1) is 11.2 Å². The van der Waals surface area contributed by atoms with Crippen LogP contribution in [0.3, 0.4) is 0 Å². The highest BCUT2D eigenvalue weighted by molar-refractivity contribution is 6.02. The van der Waals surface area contributed by atoms with Crippen molar-refractivity contribution < 1.29 is 14.0 Å². The van der Waals surface area contributed by atoms with Crippen LogP contribution >= 0.6 is 0 Å². The van der Waals surface area contributed by atoms with E-state index >= 15 is 0 Å². The summed E-state index contributed by atoms with van der Waals surface area (Å²) in [5.74, 6) is -0.704. The molecule has 0 unspecified atom stereocenters. The molecule has 0 radical (unpaired) electrons. The molecule has 5 nitrogen and oxygen atoms in total. The average Bonchev–Trinajstić information content (AvgIpc) is 3.45. The van der Waals surface area contributed by atoms with Crippen molar-refractivity contribution in [1.82, 2.24) is 9.88 Å². The Bertz CT molecular complexity index is 1040. The summed E-state index contributed by atoms with van der Waals surface area (Å²) < 4.78 is 13.4. The van der Waals surface area contributed by atoms with Crippen molar-refractivity contribution in [2.24, 2.45) is 5.41 Å². The van der Waals surface area contributed by atoms with Crippen molar-refractivity contribution in [2.45, 2.75) is 52.0 Å². The monoisotopic (exact) mass is 396 g/mol. The van der Waals surface area contributed by atoms with E-state index in [-0.39, 0.29) is 34.5 Å². The minimum atomic E-state index is -0.448. The minimum Gasteiger partial charge on any atom is -0.335 e. The molecule has 1 amide bonds. The molecule has 6 heteroatoms. The molecule has 0 aliphatic heterocycles. The molecular formula is C23H25FN2O3. The van der Waals surface area contributed by atoms with Crippen LogP contribution < -0.4 is 5.56 Å². The van der Waals surface area contributed by atoms with Gasteiger partial charge in [0.15, 0.2) is 5.78 Å². The number of hydrogen-bond acceptors (Lipinski definition) is 3. The van der Waals surface area contributed by atoms with Crippen molar-refractivity contribution in [3.63, 3.8) is 0 Å². The Morgan fingerprint density at radius 2 is 1.97 bits per heavy atom. The van der Waals surface area contributed by atoms with Gasteiger partial charge in [-0.15, -0.1) is 0 Å². The summed E-state index contributed by atoms with van der Waals surface area (Å²) in [6.07, 6.45) is 3.29. The highest BCUT2D eigenvalue weighted by Gasteiger charge is 2.36. The number of aromatic amines is 1. The highest BCUT2D eigenvalue weighted by atomic mass is 19.1. The van der Waals surface area contributed by atoms with E-state index in [1.54, 1.807) is 11.0 Å². The second-order valence-electron chi connectivity index (χ2n) is 8.95. The molecular weight excluding hydrogens is 371 g/mol. The average molecular weight is 396 g/mol. The third-order valence-electron chi connectivity index (χ3n) is 5.73. The topological polar surface area (TPSA) is 70.2 Å². The Hall–Kier alpha value is -2.76. The number of carbonyl (C=O) groups is 2. The van der Waals surface area contributed by atoms with Crippen LogP contribution in [0.2, 0.25) is 0 Å². The molecule has 2 aliphatic rings. The number of amides is 1. The third kappa shape index (κ3) is 4.16. The summed E-state index contributed by atoms with van der Waals surface area (Å²) in [5.41, 5.74) is 1.24. The molecule has 0 spiro atoms. The molecule has 0 saturated heterocycles. The Balaban J connectivity index is 1.59. The first-order valence-corrected chi connectivity index (χ1v) is 10.1. The number of H-pyrrole nitrogens is 1. The van der Waals surface area contributed by atoms with E-state index in [0.29, 0.717) is 37.1 Å². The lowest BCUT2D eigenvalue weighted by molar-refractivity contribution is 0.0743. The van der Waals surface area contributed by atoms with E-state index in [1.165, 1.54) is 18.2 Å². The van der Waals surface area contributed by atoms with Crippen molar-refractivity contribution in [3.05, 3.63) is 68.9 Å². The van der Waals surface area contributed by atoms with E-state index in [1.807, 2.05) is 19.9 Å². The third-order valence-corrected chi connectivity index (χ3v) is 5.73. The maximum atomic E-state index is 13.4. The molecule has 2 aliphatic carbocycles. The van der Waals surface area contributed by atoms with E-state index in [9.17, 15) is 18.8 Å². The van der Waals surface area contributed by atoms with Crippen molar-refractivity contribution in [1.29, 1.82) is 0 Å². The first-order chi connectivity index (χ1) is 13.7. The van der Waals surface area contributed by atoms with Crippen molar-refractivity contribution >= 4 is 11.7 Å². The Morgan fingerprint density at radius 1 is 1.21 bits per heavy atom. The minimum absolute atomic E-state index is 0.0166. The lowest BCUT2D eigenvalue weighted by Crippen LogP contribution is -2.39. The van der Waals surface area contributed by atoms with Gasteiger partial charge in [-0.25, -0.2) is 4.39 Å². The number of carbonyl (C=O) groups excluding carboxylic acids is 2. The number of benzene rings is 1. The summed E-state index contributed by atoms with van der Waals surface area (Å²) >= 11 is 0. The Kier molecular flexibility index (Phi) is 4.89. The Morgan fingerprint density at radius 3 is 2.66 bits per heavy atom. The number of fused-ring (bicyclic) bond motifs is 1. The van der Waals surface area contributed by atoms with Gasteiger partial charge in [0.05, 0.1) is 0 Å². The van der Waals surface area contributed by atoms with Crippen LogP contribution in [0.4, 0.5) is 4.39 Å². The molecule has 1 saturated carbocycles. The van der Waals surface area contributed by atoms with Gasteiger partial charge in [-0.1, -0.05) is 26.0 Å². The van der Waals surface area contributed by atoms with Crippen LogP contribution in [-0.4, -0.2) is 34.2 Å². The van der Waals surface area contributed by atoms with Gasteiger partial charge >= 0.3 is 0 Å². The second-order valence-corrected chi connectivity index (χ2v) is 8.95. The van der Waals surface area contributed by atoms with Crippen molar-refractivity contribution in [3.8, 4) is 0 Å².